The van der Waals surface area contributed by atoms with Crippen LogP contribution in [0.3, 0.4) is 0 Å². The van der Waals surface area contributed by atoms with E-state index in [2.05, 4.69) is 11.3 Å². The molecule has 0 radical (unpaired) electrons. The number of hydrogen-bond acceptors (Lipinski definition) is 3. The Kier molecular flexibility index (Phi) is 5.70. The molecule has 0 rings (SSSR count). The van der Waals surface area contributed by atoms with Crippen LogP contribution in [0.15, 0.2) is 12.7 Å². The van der Waals surface area contributed by atoms with Gasteiger partial charge in [0, 0.05) is 0 Å². The van der Waals surface area contributed by atoms with E-state index in [1.165, 1.54) is 0 Å². The SMILES string of the molecule is C=CCOC(=O)C(F)(OC(F)(F)C(F)(F)C(F)(F)F)C(F)(F)F. The molecule has 0 aromatic rings. The van der Waals surface area contributed by atoms with E-state index in [9.17, 15) is 53.1 Å². The first-order valence-corrected chi connectivity index (χ1v) is 5.00. The Morgan fingerprint density at radius 3 is 1.61 bits per heavy atom. The molecule has 0 N–H and O–H groups in total. The summed E-state index contributed by atoms with van der Waals surface area (Å²) in [6.45, 7) is 1.58. The van der Waals surface area contributed by atoms with Crippen molar-refractivity contribution >= 4 is 5.97 Å². The van der Waals surface area contributed by atoms with Crippen molar-refractivity contribution in [1.82, 2.24) is 0 Å². The van der Waals surface area contributed by atoms with Crippen LogP contribution >= 0.6 is 0 Å². The summed E-state index contributed by atoms with van der Waals surface area (Å²) in [5, 5.41) is 0. The number of halogens is 11. The summed E-state index contributed by atoms with van der Waals surface area (Å²) in [6.07, 6.45) is -20.4. The van der Waals surface area contributed by atoms with Crippen molar-refractivity contribution in [3.05, 3.63) is 12.7 Å². The summed E-state index contributed by atoms with van der Waals surface area (Å²) in [7, 11) is 0. The Balaban J connectivity index is 5.82. The maximum absolute atomic E-state index is 13.4. The van der Waals surface area contributed by atoms with Crippen LogP contribution in [0.4, 0.5) is 48.3 Å². The Hall–Kier alpha value is -1.60. The van der Waals surface area contributed by atoms with Gasteiger partial charge >= 0.3 is 36.2 Å². The molecule has 14 heteroatoms. The molecule has 0 amide bonds. The van der Waals surface area contributed by atoms with Crippen LogP contribution in [-0.4, -0.2) is 42.8 Å². The quantitative estimate of drug-likeness (QED) is 0.406. The number of esters is 1. The molecule has 0 saturated heterocycles. The number of hydrogen-bond donors (Lipinski definition) is 0. The summed E-state index contributed by atoms with van der Waals surface area (Å²) >= 11 is 0. The predicted octanol–water partition coefficient (Wildman–Crippen LogP) is 3.75. The lowest BCUT2D eigenvalue weighted by molar-refractivity contribution is -0.475. The zero-order chi connectivity index (χ0) is 18.9. The van der Waals surface area contributed by atoms with Crippen LogP contribution in [0.25, 0.3) is 0 Å². The first kappa shape index (κ1) is 21.4. The van der Waals surface area contributed by atoms with Gasteiger partial charge in [-0.2, -0.15) is 48.3 Å². The molecule has 0 saturated carbocycles. The summed E-state index contributed by atoms with van der Waals surface area (Å²) < 4.78 is 141. The van der Waals surface area contributed by atoms with Gasteiger partial charge in [-0.1, -0.05) is 12.7 Å². The lowest BCUT2D eigenvalue weighted by Crippen LogP contribution is -2.61. The molecule has 1 unspecified atom stereocenters. The Bertz CT molecular complexity index is 453. The lowest BCUT2D eigenvalue weighted by atomic mass is 10.2. The Morgan fingerprint density at radius 2 is 1.30 bits per heavy atom. The van der Waals surface area contributed by atoms with Gasteiger partial charge in [0.25, 0.3) is 0 Å². The number of alkyl halides is 11. The third-order valence-electron chi connectivity index (χ3n) is 1.95. The minimum Gasteiger partial charge on any atom is -0.457 e. The largest absolute Gasteiger partial charge is 0.462 e. The van der Waals surface area contributed by atoms with Crippen molar-refractivity contribution in [2.75, 3.05) is 6.61 Å². The molecule has 0 fully saturated rings. The maximum Gasteiger partial charge on any atom is 0.462 e. The van der Waals surface area contributed by atoms with Gasteiger partial charge in [0.2, 0.25) is 0 Å². The molecule has 0 aromatic heterocycles. The van der Waals surface area contributed by atoms with Crippen molar-refractivity contribution in [3.8, 4) is 0 Å². The van der Waals surface area contributed by atoms with Gasteiger partial charge in [-0.15, -0.1) is 0 Å². The molecule has 3 nitrogen and oxygen atoms in total. The van der Waals surface area contributed by atoms with Crippen LogP contribution in [-0.2, 0) is 14.3 Å². The summed E-state index contributed by atoms with van der Waals surface area (Å²) in [5.74, 6) is -16.8. The highest BCUT2D eigenvalue weighted by atomic mass is 19.4. The highest BCUT2D eigenvalue weighted by molar-refractivity contribution is 5.79. The zero-order valence-electron chi connectivity index (χ0n) is 10.4. The van der Waals surface area contributed by atoms with Crippen LogP contribution in [0.1, 0.15) is 0 Å². The predicted molar refractivity (Wildman–Crippen MR) is 48.1 cm³/mol. The van der Waals surface area contributed by atoms with Gasteiger partial charge in [0.15, 0.2) is 0 Å². The van der Waals surface area contributed by atoms with Crippen molar-refractivity contribution in [2.24, 2.45) is 0 Å². The standard InChI is InChI=1S/C9H5F11O3/c1-2-3-22-4(21)5(10,7(13,14)15)23-9(19,20)6(11,12)8(16,17)18/h2H,1,3H2. The molecule has 0 heterocycles. The summed E-state index contributed by atoms with van der Waals surface area (Å²) in [6, 6.07) is 0. The van der Waals surface area contributed by atoms with Crippen LogP contribution in [0.5, 0.6) is 0 Å². The van der Waals surface area contributed by atoms with Gasteiger partial charge in [-0.3, -0.25) is 4.74 Å². The van der Waals surface area contributed by atoms with Crippen molar-refractivity contribution in [2.45, 2.75) is 30.2 Å². The average molecular weight is 370 g/mol. The Morgan fingerprint density at radius 1 is 0.870 bits per heavy atom. The fourth-order valence-corrected chi connectivity index (χ4v) is 0.848. The molecule has 136 valence electrons. The van der Waals surface area contributed by atoms with Gasteiger partial charge in [-0.25, -0.2) is 4.79 Å². The van der Waals surface area contributed by atoms with Gasteiger partial charge in [0.1, 0.15) is 6.61 Å². The minimum atomic E-state index is -7.23. The zero-order valence-corrected chi connectivity index (χ0v) is 10.4. The van der Waals surface area contributed by atoms with E-state index in [-0.39, 0.29) is 0 Å². The van der Waals surface area contributed by atoms with Gasteiger partial charge in [-0.05, 0) is 0 Å². The van der Waals surface area contributed by atoms with Crippen LogP contribution in [0, 0.1) is 0 Å². The van der Waals surface area contributed by atoms with Crippen molar-refractivity contribution in [3.63, 3.8) is 0 Å². The molecular formula is C9H5F11O3. The normalized spacial score (nSPS) is 16.7. The molecule has 23 heavy (non-hydrogen) atoms. The van der Waals surface area contributed by atoms with Crippen molar-refractivity contribution < 1.29 is 62.6 Å². The molecule has 1 atom stereocenters. The molecule has 0 aromatic carbocycles. The second kappa shape index (κ2) is 6.13. The fourth-order valence-electron chi connectivity index (χ4n) is 0.848. The van der Waals surface area contributed by atoms with E-state index in [1.807, 2.05) is 4.74 Å². The fraction of sp³-hybridized carbons (Fsp3) is 0.667. The van der Waals surface area contributed by atoms with Gasteiger partial charge < -0.3 is 4.74 Å². The second-order valence-corrected chi connectivity index (χ2v) is 3.67. The topological polar surface area (TPSA) is 35.5 Å². The Labute approximate surface area is 119 Å². The minimum absolute atomic E-state index is 0.525. The monoisotopic (exact) mass is 370 g/mol. The molecular weight excluding hydrogens is 365 g/mol. The number of rotatable bonds is 6. The second-order valence-electron chi connectivity index (χ2n) is 3.67. The smallest absolute Gasteiger partial charge is 0.457 e. The van der Waals surface area contributed by atoms with E-state index in [1.54, 1.807) is 0 Å². The molecule has 0 aliphatic heterocycles. The third kappa shape index (κ3) is 4.03. The van der Waals surface area contributed by atoms with Crippen LogP contribution in [0.2, 0.25) is 0 Å². The number of carbonyl (C=O) groups is 1. The highest BCUT2D eigenvalue weighted by Gasteiger charge is 2.80. The van der Waals surface area contributed by atoms with E-state index >= 15 is 0 Å². The van der Waals surface area contributed by atoms with Crippen LogP contribution < -0.4 is 0 Å². The molecule has 0 bridgehead atoms. The first-order valence-electron chi connectivity index (χ1n) is 5.00. The van der Waals surface area contributed by atoms with E-state index in [4.69, 9.17) is 0 Å². The lowest BCUT2D eigenvalue weighted by Gasteiger charge is -2.33. The summed E-state index contributed by atoms with van der Waals surface area (Å²) in [4.78, 5) is 10.8. The number of ether oxygens (including phenoxy) is 2. The highest BCUT2D eigenvalue weighted by Crippen LogP contribution is 2.51. The van der Waals surface area contributed by atoms with E-state index in [0.717, 1.165) is 0 Å². The molecule has 0 spiro atoms. The number of carbonyl (C=O) groups excluding carboxylic acids is 1. The molecule has 0 aliphatic rings. The average Bonchev–Trinajstić information content (AvgIpc) is 2.32. The van der Waals surface area contributed by atoms with E-state index in [0.29, 0.717) is 6.08 Å². The van der Waals surface area contributed by atoms with Crippen molar-refractivity contribution in [1.29, 1.82) is 0 Å². The summed E-state index contributed by atoms with van der Waals surface area (Å²) in [5.41, 5.74) is 0. The third-order valence-corrected chi connectivity index (χ3v) is 1.95. The molecule has 0 aliphatic carbocycles. The first-order chi connectivity index (χ1) is 9.94. The maximum atomic E-state index is 13.4. The van der Waals surface area contributed by atoms with Gasteiger partial charge in [0.05, 0.1) is 0 Å². The van der Waals surface area contributed by atoms with E-state index < -0.39 is 42.8 Å².